The zero-order valence-electron chi connectivity index (χ0n) is 14.0. The van der Waals surface area contributed by atoms with E-state index >= 15 is 0 Å². The van der Waals surface area contributed by atoms with Gasteiger partial charge in [-0.15, -0.1) is 0 Å². The number of carbonyl (C=O) groups is 1. The lowest BCUT2D eigenvalue weighted by Crippen LogP contribution is -2.20. The van der Waals surface area contributed by atoms with E-state index in [9.17, 15) is 9.59 Å². The summed E-state index contributed by atoms with van der Waals surface area (Å²) in [5.41, 5.74) is 3.41. The minimum Gasteiger partial charge on any atom is -0.290 e. The number of hydrogen-bond donors (Lipinski definition) is 2. The molecule has 24 heavy (non-hydrogen) atoms. The van der Waals surface area contributed by atoms with E-state index in [-0.39, 0.29) is 11.5 Å². The van der Waals surface area contributed by atoms with Crippen molar-refractivity contribution in [3.63, 3.8) is 0 Å². The lowest BCUT2D eigenvalue weighted by molar-refractivity contribution is -0.129. The molecule has 0 aliphatic carbocycles. The fourth-order valence-electron chi connectivity index (χ4n) is 2.45. The van der Waals surface area contributed by atoms with Gasteiger partial charge in [-0.1, -0.05) is 36.2 Å². The number of carbonyl (C=O) groups excluding carboxylic acids is 1. The summed E-state index contributed by atoms with van der Waals surface area (Å²) >= 11 is 1.58. The molecule has 0 radical (unpaired) electrons. The van der Waals surface area contributed by atoms with Gasteiger partial charge in [-0.2, -0.15) is 0 Å². The van der Waals surface area contributed by atoms with Crippen LogP contribution < -0.4 is 11.0 Å². The maximum Gasteiger partial charge on any atom is 0.261 e. The maximum absolute atomic E-state index is 12.4. The third-order valence-corrected chi connectivity index (χ3v) is 4.96. The molecular weight excluding hydrogens is 326 g/mol. The van der Waals surface area contributed by atoms with Crippen LogP contribution in [0.15, 0.2) is 28.2 Å². The van der Waals surface area contributed by atoms with Crippen molar-refractivity contribution in [1.82, 2.24) is 15.0 Å². The Labute approximate surface area is 145 Å². The van der Waals surface area contributed by atoms with Crippen LogP contribution >= 0.6 is 11.8 Å². The number of hydroxylamine groups is 1. The van der Waals surface area contributed by atoms with Crippen molar-refractivity contribution in [2.75, 3.05) is 5.75 Å². The standard InChI is InChI=1S/C17H23N3O3S/c1-12-8-9-14-13(11-12)16(22)20(2)17(18-14)24-10-6-4-3-5-7-15(21)19-23/h8-9,11,23H,3-7,10H2,1-2H3,(H,19,21). The van der Waals surface area contributed by atoms with Crippen LogP contribution in [0.2, 0.25) is 0 Å². The van der Waals surface area contributed by atoms with Crippen molar-refractivity contribution in [3.05, 3.63) is 34.1 Å². The quantitative estimate of drug-likeness (QED) is 0.252. The molecule has 0 fully saturated rings. The molecule has 2 N–H and O–H groups in total. The fraction of sp³-hybridized carbons (Fsp3) is 0.471. The zero-order valence-corrected chi connectivity index (χ0v) is 14.9. The van der Waals surface area contributed by atoms with Crippen molar-refractivity contribution in [1.29, 1.82) is 0 Å². The van der Waals surface area contributed by atoms with Crippen LogP contribution in [0.3, 0.4) is 0 Å². The van der Waals surface area contributed by atoms with Crippen LogP contribution in [-0.2, 0) is 11.8 Å². The monoisotopic (exact) mass is 349 g/mol. The number of unbranched alkanes of at least 4 members (excludes halogenated alkanes) is 3. The van der Waals surface area contributed by atoms with Gasteiger partial charge >= 0.3 is 0 Å². The van der Waals surface area contributed by atoms with Gasteiger partial charge in [-0.25, -0.2) is 10.5 Å². The minimum atomic E-state index is -0.338. The van der Waals surface area contributed by atoms with Crippen LogP contribution in [-0.4, -0.2) is 26.4 Å². The Morgan fingerprint density at radius 3 is 2.79 bits per heavy atom. The second-order valence-electron chi connectivity index (χ2n) is 5.83. The first-order valence-electron chi connectivity index (χ1n) is 8.06. The van der Waals surface area contributed by atoms with E-state index in [0.717, 1.165) is 47.7 Å². The van der Waals surface area contributed by atoms with Gasteiger partial charge < -0.3 is 0 Å². The molecule has 0 spiro atoms. The first kappa shape index (κ1) is 18.5. The highest BCUT2D eigenvalue weighted by Crippen LogP contribution is 2.19. The van der Waals surface area contributed by atoms with Crippen LogP contribution in [0.5, 0.6) is 0 Å². The molecule has 1 aromatic carbocycles. The SMILES string of the molecule is Cc1ccc2nc(SCCCCCCC(=O)NO)n(C)c(=O)c2c1. The van der Waals surface area contributed by atoms with Gasteiger partial charge in [0, 0.05) is 19.2 Å². The lowest BCUT2D eigenvalue weighted by Gasteiger charge is -2.09. The molecule has 1 amide bonds. The highest BCUT2D eigenvalue weighted by Gasteiger charge is 2.08. The molecular formula is C17H23N3O3S. The first-order valence-corrected chi connectivity index (χ1v) is 9.04. The number of hydrogen-bond acceptors (Lipinski definition) is 5. The number of fused-ring (bicyclic) bond motifs is 1. The largest absolute Gasteiger partial charge is 0.290 e. The minimum absolute atomic E-state index is 0.0128. The first-order chi connectivity index (χ1) is 11.5. The van der Waals surface area contributed by atoms with E-state index in [4.69, 9.17) is 5.21 Å². The number of thioether (sulfide) groups is 1. The molecule has 0 atom stereocenters. The average molecular weight is 349 g/mol. The molecule has 0 saturated heterocycles. The van der Waals surface area contributed by atoms with Gasteiger partial charge in [0.25, 0.3) is 5.56 Å². The van der Waals surface area contributed by atoms with Gasteiger partial charge in [0.05, 0.1) is 10.9 Å². The summed E-state index contributed by atoms with van der Waals surface area (Å²) in [5, 5.41) is 9.79. The Morgan fingerprint density at radius 2 is 2.04 bits per heavy atom. The number of aryl methyl sites for hydroxylation is 1. The molecule has 6 nitrogen and oxygen atoms in total. The molecule has 0 bridgehead atoms. The van der Waals surface area contributed by atoms with Gasteiger partial charge in [-0.3, -0.25) is 19.4 Å². The number of nitrogens with one attached hydrogen (secondary N) is 1. The molecule has 0 unspecified atom stereocenters. The van der Waals surface area contributed by atoms with Crippen LogP contribution in [0.25, 0.3) is 10.9 Å². The Balaban J connectivity index is 1.87. The normalized spacial score (nSPS) is 11.0. The van der Waals surface area contributed by atoms with Crippen molar-refractivity contribution in [2.45, 2.75) is 44.2 Å². The predicted octanol–water partition coefficient (Wildman–Crippen LogP) is 2.79. The molecule has 130 valence electrons. The second kappa shape index (κ2) is 8.84. The molecule has 2 rings (SSSR count). The number of benzene rings is 1. The molecule has 0 aliphatic heterocycles. The molecule has 1 heterocycles. The summed E-state index contributed by atoms with van der Waals surface area (Å²) in [5.74, 6) is 0.541. The summed E-state index contributed by atoms with van der Waals surface area (Å²) in [6.07, 6.45) is 4.06. The van der Waals surface area contributed by atoms with Gasteiger partial charge in [0.15, 0.2) is 5.16 Å². The van der Waals surface area contributed by atoms with E-state index in [1.54, 1.807) is 28.9 Å². The summed E-state index contributed by atoms with van der Waals surface area (Å²) in [6.45, 7) is 1.96. The van der Waals surface area contributed by atoms with Crippen molar-refractivity contribution >= 4 is 28.6 Å². The van der Waals surface area contributed by atoms with Crippen LogP contribution in [0, 0.1) is 6.92 Å². The Hall–Kier alpha value is -1.86. The Morgan fingerprint density at radius 1 is 1.29 bits per heavy atom. The summed E-state index contributed by atoms with van der Waals surface area (Å²) in [6, 6.07) is 5.73. The lowest BCUT2D eigenvalue weighted by atomic mass is 10.1. The van der Waals surface area contributed by atoms with Crippen LogP contribution in [0.1, 0.15) is 37.7 Å². The Kier molecular flexibility index (Phi) is 6.81. The van der Waals surface area contributed by atoms with Crippen molar-refractivity contribution < 1.29 is 10.0 Å². The van der Waals surface area contributed by atoms with E-state index in [1.807, 2.05) is 25.1 Å². The highest BCUT2D eigenvalue weighted by atomic mass is 32.2. The molecule has 0 saturated carbocycles. The maximum atomic E-state index is 12.4. The highest BCUT2D eigenvalue weighted by molar-refractivity contribution is 7.99. The van der Waals surface area contributed by atoms with Gasteiger partial charge in [-0.05, 0) is 31.9 Å². The van der Waals surface area contributed by atoms with Gasteiger partial charge in [0.1, 0.15) is 0 Å². The number of nitrogens with zero attached hydrogens (tertiary/aromatic N) is 2. The van der Waals surface area contributed by atoms with Crippen LogP contribution in [0.4, 0.5) is 0 Å². The van der Waals surface area contributed by atoms with E-state index in [2.05, 4.69) is 4.98 Å². The molecule has 1 aromatic heterocycles. The van der Waals surface area contributed by atoms with Crippen molar-refractivity contribution in [2.24, 2.45) is 7.05 Å². The summed E-state index contributed by atoms with van der Waals surface area (Å²) in [4.78, 5) is 27.9. The summed E-state index contributed by atoms with van der Waals surface area (Å²) in [7, 11) is 1.76. The fourth-order valence-corrected chi connectivity index (χ4v) is 3.42. The number of rotatable bonds is 8. The number of aromatic nitrogens is 2. The van der Waals surface area contributed by atoms with E-state index in [0.29, 0.717) is 11.8 Å². The molecule has 7 heteroatoms. The Bertz CT molecular complexity index is 774. The van der Waals surface area contributed by atoms with E-state index < -0.39 is 0 Å². The molecule has 2 aromatic rings. The van der Waals surface area contributed by atoms with E-state index in [1.165, 1.54) is 0 Å². The summed E-state index contributed by atoms with van der Waals surface area (Å²) < 4.78 is 1.61. The van der Waals surface area contributed by atoms with Gasteiger partial charge in [0.2, 0.25) is 5.91 Å². The third-order valence-electron chi connectivity index (χ3n) is 3.84. The second-order valence-corrected chi connectivity index (χ2v) is 6.89. The molecule has 0 aliphatic rings. The topological polar surface area (TPSA) is 84.2 Å². The third kappa shape index (κ3) is 4.82. The zero-order chi connectivity index (χ0) is 17.5. The average Bonchev–Trinajstić information content (AvgIpc) is 2.58. The smallest absolute Gasteiger partial charge is 0.261 e. The van der Waals surface area contributed by atoms with Crippen molar-refractivity contribution in [3.8, 4) is 0 Å². The number of amides is 1. The predicted molar refractivity (Wildman–Crippen MR) is 95.5 cm³/mol.